The summed E-state index contributed by atoms with van der Waals surface area (Å²) in [7, 11) is 0. The lowest BCUT2D eigenvalue weighted by molar-refractivity contribution is -0.134. The van der Waals surface area contributed by atoms with Gasteiger partial charge in [0.1, 0.15) is 6.10 Å². The van der Waals surface area contributed by atoms with Crippen molar-refractivity contribution in [1.82, 2.24) is 15.5 Å². The zero-order valence-electron chi connectivity index (χ0n) is 15.9. The monoisotopic (exact) mass is 400 g/mol. The van der Waals surface area contributed by atoms with Crippen molar-refractivity contribution < 1.29 is 27.8 Å². The third-order valence-electron chi connectivity index (χ3n) is 5.05. The summed E-state index contributed by atoms with van der Waals surface area (Å²) in [5, 5.41) is 12.4. The van der Waals surface area contributed by atoms with Gasteiger partial charge in [0, 0.05) is 29.6 Å². The highest BCUT2D eigenvalue weighted by Crippen LogP contribution is 2.40. The van der Waals surface area contributed by atoms with Gasteiger partial charge in [0.05, 0.1) is 6.61 Å². The van der Waals surface area contributed by atoms with E-state index in [9.17, 15) is 18.4 Å². The SMILES string of the molecule is CC(C)NC(=O)O[C@@H]1CC[C@H](c2cc(NC(=O)[C@H]3C[C@@H]3COC(F)F)n[nH]2)C1. The fourth-order valence-corrected chi connectivity index (χ4v) is 3.53. The minimum Gasteiger partial charge on any atom is -0.446 e. The molecule has 156 valence electrons. The van der Waals surface area contributed by atoms with Gasteiger partial charge in [-0.2, -0.15) is 13.9 Å². The number of hydrogen-bond donors (Lipinski definition) is 3. The molecular formula is C18H26F2N4O4. The summed E-state index contributed by atoms with van der Waals surface area (Å²) >= 11 is 0. The molecule has 2 amide bonds. The molecule has 3 rings (SSSR count). The standard InChI is InChI=1S/C18H26F2N4O4/c1-9(2)21-18(26)28-12-4-3-10(5-12)14-7-15(24-23-14)22-16(25)13-6-11(13)8-27-17(19)20/h7,9-13,17H,3-6,8H2,1-2H3,(H,21,26)(H2,22,23,24,25)/t10-,11+,12+,13-/m0/s1. The minimum atomic E-state index is -2.81. The van der Waals surface area contributed by atoms with Gasteiger partial charge in [-0.3, -0.25) is 9.89 Å². The average molecular weight is 400 g/mol. The number of carbonyl (C=O) groups excluding carboxylic acids is 2. The lowest BCUT2D eigenvalue weighted by Crippen LogP contribution is -2.33. The summed E-state index contributed by atoms with van der Waals surface area (Å²) in [6, 6.07) is 1.79. The normalized spacial score (nSPS) is 26.5. The summed E-state index contributed by atoms with van der Waals surface area (Å²) < 4.78 is 33.7. The number of ether oxygens (including phenoxy) is 2. The summed E-state index contributed by atoms with van der Waals surface area (Å²) in [6.45, 7) is 0.813. The molecule has 1 heterocycles. The number of rotatable bonds is 8. The Hall–Kier alpha value is -2.23. The first-order chi connectivity index (χ1) is 13.3. The Morgan fingerprint density at radius 1 is 1.32 bits per heavy atom. The summed E-state index contributed by atoms with van der Waals surface area (Å²) in [4.78, 5) is 23.9. The number of aromatic amines is 1. The molecule has 2 fully saturated rings. The largest absolute Gasteiger partial charge is 0.446 e. The van der Waals surface area contributed by atoms with E-state index in [0.717, 1.165) is 18.5 Å². The van der Waals surface area contributed by atoms with Gasteiger partial charge in [-0.15, -0.1) is 0 Å². The molecule has 28 heavy (non-hydrogen) atoms. The van der Waals surface area contributed by atoms with Gasteiger partial charge < -0.3 is 20.1 Å². The second kappa shape index (κ2) is 8.85. The second-order valence-corrected chi connectivity index (χ2v) is 7.73. The van der Waals surface area contributed by atoms with Gasteiger partial charge >= 0.3 is 12.7 Å². The molecule has 0 aromatic carbocycles. The number of hydrogen-bond acceptors (Lipinski definition) is 5. The van der Waals surface area contributed by atoms with Crippen LogP contribution >= 0.6 is 0 Å². The zero-order chi connectivity index (χ0) is 20.3. The van der Waals surface area contributed by atoms with E-state index in [-0.39, 0.29) is 42.4 Å². The molecule has 4 atom stereocenters. The number of anilines is 1. The Morgan fingerprint density at radius 2 is 2.11 bits per heavy atom. The van der Waals surface area contributed by atoms with E-state index in [0.29, 0.717) is 18.7 Å². The molecule has 2 aliphatic rings. The quantitative estimate of drug-likeness (QED) is 0.622. The van der Waals surface area contributed by atoms with Gasteiger partial charge in [0.2, 0.25) is 5.91 Å². The van der Waals surface area contributed by atoms with E-state index in [4.69, 9.17) is 4.74 Å². The van der Waals surface area contributed by atoms with E-state index in [2.05, 4.69) is 25.6 Å². The number of aromatic nitrogens is 2. The first-order valence-electron chi connectivity index (χ1n) is 9.55. The highest BCUT2D eigenvalue weighted by molar-refractivity contribution is 5.93. The van der Waals surface area contributed by atoms with E-state index >= 15 is 0 Å². The predicted molar refractivity (Wildman–Crippen MR) is 95.9 cm³/mol. The van der Waals surface area contributed by atoms with Crippen molar-refractivity contribution in [3.8, 4) is 0 Å². The molecule has 8 nitrogen and oxygen atoms in total. The molecular weight excluding hydrogens is 374 g/mol. The van der Waals surface area contributed by atoms with Gasteiger partial charge in [0.15, 0.2) is 5.82 Å². The maximum atomic E-state index is 12.1. The minimum absolute atomic E-state index is 0.0245. The maximum Gasteiger partial charge on any atom is 0.407 e. The lowest BCUT2D eigenvalue weighted by Gasteiger charge is -2.14. The summed E-state index contributed by atoms with van der Waals surface area (Å²) in [5.41, 5.74) is 0.874. The molecule has 3 N–H and O–H groups in total. The first-order valence-corrected chi connectivity index (χ1v) is 9.55. The molecule has 2 aliphatic carbocycles. The Morgan fingerprint density at radius 3 is 2.82 bits per heavy atom. The Bertz CT molecular complexity index is 697. The number of alkyl halides is 2. The third kappa shape index (κ3) is 5.63. The first kappa shape index (κ1) is 20.5. The van der Waals surface area contributed by atoms with Crippen molar-refractivity contribution in [2.45, 2.75) is 64.2 Å². The Labute approximate surface area is 161 Å². The summed E-state index contributed by atoms with van der Waals surface area (Å²) in [6.07, 6.45) is 2.29. The van der Waals surface area contributed by atoms with Crippen molar-refractivity contribution in [3.05, 3.63) is 11.8 Å². The smallest absolute Gasteiger partial charge is 0.407 e. The van der Waals surface area contributed by atoms with Crippen LogP contribution in [-0.4, -0.2) is 47.6 Å². The highest BCUT2D eigenvalue weighted by Gasteiger charge is 2.43. The van der Waals surface area contributed by atoms with E-state index in [1.807, 2.05) is 13.8 Å². The van der Waals surface area contributed by atoms with Gasteiger partial charge in [-0.1, -0.05) is 0 Å². The number of carbonyl (C=O) groups is 2. The lowest BCUT2D eigenvalue weighted by atomic mass is 10.0. The van der Waals surface area contributed by atoms with Crippen molar-refractivity contribution in [3.63, 3.8) is 0 Å². The molecule has 1 aromatic rings. The van der Waals surface area contributed by atoms with Gasteiger partial charge in [-0.05, 0) is 45.4 Å². The number of H-pyrrole nitrogens is 1. The van der Waals surface area contributed by atoms with Gasteiger partial charge in [-0.25, -0.2) is 4.79 Å². The third-order valence-corrected chi connectivity index (χ3v) is 5.05. The van der Waals surface area contributed by atoms with Crippen LogP contribution in [0.5, 0.6) is 0 Å². The Balaban J connectivity index is 1.43. The molecule has 1 aromatic heterocycles. The molecule has 10 heteroatoms. The number of alkyl carbamates (subject to hydrolysis) is 1. The van der Waals surface area contributed by atoms with Crippen LogP contribution < -0.4 is 10.6 Å². The van der Waals surface area contributed by atoms with Gasteiger partial charge in [0.25, 0.3) is 0 Å². The van der Waals surface area contributed by atoms with Crippen molar-refractivity contribution in [2.24, 2.45) is 11.8 Å². The van der Waals surface area contributed by atoms with Crippen molar-refractivity contribution in [1.29, 1.82) is 0 Å². The van der Waals surface area contributed by atoms with Crippen LogP contribution in [0.15, 0.2) is 6.07 Å². The zero-order valence-corrected chi connectivity index (χ0v) is 15.9. The molecule has 0 radical (unpaired) electrons. The van der Waals surface area contributed by atoms with Crippen LogP contribution in [0, 0.1) is 11.8 Å². The Kier molecular flexibility index (Phi) is 6.48. The molecule has 0 bridgehead atoms. The number of nitrogens with zero attached hydrogens (tertiary/aromatic N) is 1. The van der Waals surface area contributed by atoms with E-state index in [1.54, 1.807) is 6.07 Å². The molecule has 0 saturated heterocycles. The average Bonchev–Trinajstić information content (AvgIpc) is 2.99. The highest BCUT2D eigenvalue weighted by atomic mass is 19.3. The maximum absolute atomic E-state index is 12.1. The van der Waals surface area contributed by atoms with Crippen LogP contribution in [-0.2, 0) is 14.3 Å². The fourth-order valence-electron chi connectivity index (χ4n) is 3.53. The van der Waals surface area contributed by atoms with Crippen LogP contribution in [0.3, 0.4) is 0 Å². The molecule has 0 aliphatic heterocycles. The fraction of sp³-hybridized carbons (Fsp3) is 0.722. The van der Waals surface area contributed by atoms with Crippen LogP contribution in [0.25, 0.3) is 0 Å². The molecule has 2 saturated carbocycles. The summed E-state index contributed by atoms with van der Waals surface area (Å²) in [5.74, 6) is -0.149. The van der Waals surface area contributed by atoms with Crippen LogP contribution in [0.4, 0.5) is 19.4 Å². The second-order valence-electron chi connectivity index (χ2n) is 7.73. The van der Waals surface area contributed by atoms with E-state index in [1.165, 1.54) is 0 Å². The van der Waals surface area contributed by atoms with E-state index < -0.39 is 12.7 Å². The molecule has 0 unspecified atom stereocenters. The topological polar surface area (TPSA) is 105 Å². The van der Waals surface area contributed by atoms with Crippen molar-refractivity contribution in [2.75, 3.05) is 11.9 Å². The predicted octanol–water partition coefficient (Wildman–Crippen LogP) is 2.99. The van der Waals surface area contributed by atoms with Crippen LogP contribution in [0.1, 0.15) is 51.1 Å². The number of nitrogens with one attached hydrogen (secondary N) is 3. The van der Waals surface area contributed by atoms with Crippen molar-refractivity contribution >= 4 is 17.8 Å². The van der Waals surface area contributed by atoms with Crippen LogP contribution in [0.2, 0.25) is 0 Å². The number of amides is 2. The number of halogens is 2. The molecule has 0 spiro atoms.